The number of benzene rings is 3. The molecule has 1 aliphatic carbocycles. The Labute approximate surface area is 189 Å². The zero-order chi connectivity index (χ0) is 21.8. The third-order valence-electron chi connectivity index (χ3n) is 6.12. The van der Waals surface area contributed by atoms with E-state index in [9.17, 15) is 0 Å². The lowest BCUT2D eigenvalue weighted by Gasteiger charge is -2.22. The molecular formula is C29H27NO2. The highest BCUT2D eigenvalue weighted by molar-refractivity contribution is 5.76. The number of aromatic nitrogens is 1. The van der Waals surface area contributed by atoms with Gasteiger partial charge in [0.25, 0.3) is 0 Å². The Hall–Kier alpha value is -3.59. The van der Waals surface area contributed by atoms with Crippen molar-refractivity contribution in [1.29, 1.82) is 0 Å². The van der Waals surface area contributed by atoms with Crippen LogP contribution in [-0.4, -0.2) is 12.1 Å². The van der Waals surface area contributed by atoms with E-state index < -0.39 is 0 Å². The third-order valence-corrected chi connectivity index (χ3v) is 6.12. The Morgan fingerprint density at radius 3 is 2.41 bits per heavy atom. The zero-order valence-corrected chi connectivity index (χ0v) is 18.3. The summed E-state index contributed by atoms with van der Waals surface area (Å²) in [6, 6.07) is 28.9. The molecule has 1 aromatic heterocycles. The first-order valence-corrected chi connectivity index (χ1v) is 11.3. The fourth-order valence-electron chi connectivity index (χ4n) is 4.50. The summed E-state index contributed by atoms with van der Waals surface area (Å²) in [7, 11) is 1.71. The number of methoxy groups -OCH3 is 1. The van der Waals surface area contributed by atoms with Crippen LogP contribution in [0.3, 0.4) is 0 Å². The minimum atomic E-state index is 0.190. The SMILES string of the molecule is COc1cccc(CC2=CCCCC2c2nc(-c3ccccc3)c(-c3ccccc3)o2)c1. The van der Waals surface area contributed by atoms with Crippen LogP contribution in [0.15, 0.2) is 101 Å². The Bertz CT molecular complexity index is 1150. The molecule has 160 valence electrons. The second-order valence-electron chi connectivity index (χ2n) is 8.25. The van der Waals surface area contributed by atoms with Crippen LogP contribution in [-0.2, 0) is 6.42 Å². The molecule has 5 rings (SSSR count). The lowest BCUT2D eigenvalue weighted by Crippen LogP contribution is -2.10. The lowest BCUT2D eigenvalue weighted by molar-refractivity contribution is 0.414. The number of ether oxygens (including phenoxy) is 1. The van der Waals surface area contributed by atoms with Crippen LogP contribution in [0.4, 0.5) is 0 Å². The van der Waals surface area contributed by atoms with Crippen LogP contribution in [0.25, 0.3) is 22.6 Å². The van der Waals surface area contributed by atoms with Crippen molar-refractivity contribution in [3.8, 4) is 28.3 Å². The normalized spacial score (nSPS) is 15.9. The van der Waals surface area contributed by atoms with Crippen molar-refractivity contribution in [2.75, 3.05) is 7.11 Å². The molecule has 0 amide bonds. The molecule has 3 nitrogen and oxygen atoms in total. The van der Waals surface area contributed by atoms with Gasteiger partial charge in [-0.05, 0) is 43.4 Å². The van der Waals surface area contributed by atoms with Crippen LogP contribution in [0.1, 0.15) is 36.6 Å². The summed E-state index contributed by atoms with van der Waals surface area (Å²) in [6.45, 7) is 0. The number of hydrogen-bond acceptors (Lipinski definition) is 3. The first kappa shape index (κ1) is 20.3. The summed E-state index contributed by atoms with van der Waals surface area (Å²) in [4.78, 5) is 5.07. The summed E-state index contributed by atoms with van der Waals surface area (Å²) < 4.78 is 12.0. The fraction of sp³-hybridized carbons (Fsp3) is 0.207. The first-order valence-electron chi connectivity index (χ1n) is 11.3. The molecule has 1 heterocycles. The quantitative estimate of drug-likeness (QED) is 0.303. The highest BCUT2D eigenvalue weighted by Crippen LogP contribution is 2.40. The van der Waals surface area contributed by atoms with Crippen molar-refractivity contribution in [3.63, 3.8) is 0 Å². The van der Waals surface area contributed by atoms with Crippen molar-refractivity contribution in [2.24, 2.45) is 0 Å². The Morgan fingerprint density at radius 2 is 1.66 bits per heavy atom. The van der Waals surface area contributed by atoms with E-state index in [2.05, 4.69) is 48.5 Å². The van der Waals surface area contributed by atoms with Gasteiger partial charge in [0, 0.05) is 11.1 Å². The number of rotatable bonds is 6. The van der Waals surface area contributed by atoms with Gasteiger partial charge in [0.05, 0.1) is 13.0 Å². The Kier molecular flexibility index (Phi) is 5.89. The van der Waals surface area contributed by atoms with E-state index >= 15 is 0 Å². The van der Waals surface area contributed by atoms with E-state index in [0.717, 1.165) is 59.9 Å². The number of oxazole rings is 1. The average molecular weight is 422 g/mol. The van der Waals surface area contributed by atoms with E-state index in [1.54, 1.807) is 7.11 Å². The van der Waals surface area contributed by atoms with Gasteiger partial charge in [0.2, 0.25) is 5.89 Å². The van der Waals surface area contributed by atoms with Gasteiger partial charge in [-0.3, -0.25) is 0 Å². The van der Waals surface area contributed by atoms with Crippen molar-refractivity contribution in [2.45, 2.75) is 31.6 Å². The van der Waals surface area contributed by atoms with Crippen molar-refractivity contribution >= 4 is 0 Å². The molecule has 1 aliphatic rings. The first-order chi connectivity index (χ1) is 15.8. The molecule has 3 heteroatoms. The predicted octanol–water partition coefficient (Wildman–Crippen LogP) is 7.45. The smallest absolute Gasteiger partial charge is 0.202 e. The maximum absolute atomic E-state index is 6.53. The van der Waals surface area contributed by atoms with Crippen LogP contribution in [0, 0.1) is 0 Å². The summed E-state index contributed by atoms with van der Waals surface area (Å²) in [6.07, 6.45) is 6.57. The molecule has 1 unspecified atom stereocenters. The Balaban J connectivity index is 1.53. The molecule has 32 heavy (non-hydrogen) atoms. The van der Waals surface area contributed by atoms with Crippen LogP contribution in [0.5, 0.6) is 5.75 Å². The molecule has 0 saturated carbocycles. The number of nitrogens with zero attached hydrogens (tertiary/aromatic N) is 1. The number of allylic oxidation sites excluding steroid dienone is 2. The van der Waals surface area contributed by atoms with E-state index in [-0.39, 0.29) is 5.92 Å². The standard InChI is InChI=1S/C29H27NO2/c1-31-25-17-10-11-21(20-25)19-24-16-8-9-18-26(24)29-30-27(22-12-4-2-5-13-22)28(32-29)23-14-6-3-7-15-23/h2-7,10-17,20,26H,8-9,18-19H2,1H3. The van der Waals surface area contributed by atoms with Gasteiger partial charge < -0.3 is 9.15 Å². The van der Waals surface area contributed by atoms with Gasteiger partial charge in [-0.1, -0.05) is 84.4 Å². The Morgan fingerprint density at radius 1 is 0.906 bits per heavy atom. The van der Waals surface area contributed by atoms with Gasteiger partial charge in [-0.25, -0.2) is 4.98 Å². The van der Waals surface area contributed by atoms with Crippen LogP contribution >= 0.6 is 0 Å². The number of hydrogen-bond donors (Lipinski definition) is 0. The van der Waals surface area contributed by atoms with Gasteiger partial charge >= 0.3 is 0 Å². The average Bonchev–Trinajstić information content (AvgIpc) is 3.31. The minimum absolute atomic E-state index is 0.190. The highest BCUT2D eigenvalue weighted by atomic mass is 16.5. The molecule has 0 saturated heterocycles. The van der Waals surface area contributed by atoms with E-state index in [1.807, 2.05) is 42.5 Å². The highest BCUT2D eigenvalue weighted by Gasteiger charge is 2.27. The van der Waals surface area contributed by atoms with Gasteiger partial charge in [-0.15, -0.1) is 0 Å². The lowest BCUT2D eigenvalue weighted by atomic mass is 9.84. The zero-order valence-electron chi connectivity index (χ0n) is 18.3. The van der Waals surface area contributed by atoms with Crippen molar-refractivity contribution in [3.05, 3.63) is 108 Å². The van der Waals surface area contributed by atoms with Crippen molar-refractivity contribution < 1.29 is 9.15 Å². The van der Waals surface area contributed by atoms with Crippen LogP contribution in [0.2, 0.25) is 0 Å². The summed E-state index contributed by atoms with van der Waals surface area (Å²) in [5.41, 5.74) is 5.68. The molecule has 0 aliphatic heterocycles. The fourth-order valence-corrected chi connectivity index (χ4v) is 4.50. The molecule has 0 N–H and O–H groups in total. The monoisotopic (exact) mass is 421 g/mol. The van der Waals surface area contributed by atoms with E-state index in [1.165, 1.54) is 11.1 Å². The molecule has 3 aromatic carbocycles. The second kappa shape index (κ2) is 9.27. The van der Waals surface area contributed by atoms with Gasteiger partial charge in [0.1, 0.15) is 11.4 Å². The molecule has 0 fully saturated rings. The molecule has 1 atom stereocenters. The molecule has 0 bridgehead atoms. The largest absolute Gasteiger partial charge is 0.497 e. The minimum Gasteiger partial charge on any atom is -0.497 e. The van der Waals surface area contributed by atoms with Gasteiger partial charge in [0.15, 0.2) is 5.76 Å². The summed E-state index contributed by atoms with van der Waals surface area (Å²) >= 11 is 0. The van der Waals surface area contributed by atoms with Crippen LogP contribution < -0.4 is 4.74 Å². The van der Waals surface area contributed by atoms with E-state index in [4.69, 9.17) is 14.1 Å². The molecular weight excluding hydrogens is 394 g/mol. The maximum Gasteiger partial charge on any atom is 0.202 e. The maximum atomic E-state index is 6.53. The van der Waals surface area contributed by atoms with Gasteiger partial charge in [-0.2, -0.15) is 0 Å². The van der Waals surface area contributed by atoms with E-state index in [0.29, 0.717) is 0 Å². The molecule has 0 radical (unpaired) electrons. The summed E-state index contributed by atoms with van der Waals surface area (Å²) in [5, 5.41) is 0. The molecule has 4 aromatic rings. The topological polar surface area (TPSA) is 35.3 Å². The predicted molar refractivity (Wildman–Crippen MR) is 129 cm³/mol. The second-order valence-corrected chi connectivity index (χ2v) is 8.25. The summed E-state index contributed by atoms with van der Waals surface area (Å²) in [5.74, 6) is 2.74. The van der Waals surface area contributed by atoms with Crippen molar-refractivity contribution in [1.82, 2.24) is 4.98 Å². The third kappa shape index (κ3) is 4.24. The molecule has 0 spiro atoms.